The monoisotopic (exact) mass is 297 g/mol. The molecule has 2 heterocycles. The summed E-state index contributed by atoms with van der Waals surface area (Å²) in [4.78, 5) is 19.9. The highest BCUT2D eigenvalue weighted by Crippen LogP contribution is 2.13. The van der Waals surface area contributed by atoms with E-state index < -0.39 is 5.97 Å². The number of carbonyl (C=O) groups is 1. The molecule has 5 nitrogen and oxygen atoms in total. The summed E-state index contributed by atoms with van der Waals surface area (Å²) in [6, 6.07) is 0. The van der Waals surface area contributed by atoms with E-state index in [4.69, 9.17) is 5.11 Å². The molecule has 0 amide bonds. The molecule has 1 fully saturated rings. The Morgan fingerprint density at radius 2 is 2.05 bits per heavy atom. The normalized spacial score (nSPS) is 17.4. The highest BCUT2D eigenvalue weighted by atomic mass is 32.1. The van der Waals surface area contributed by atoms with Crippen LogP contribution in [0.15, 0.2) is 5.38 Å². The van der Waals surface area contributed by atoms with Crippen molar-refractivity contribution >= 4 is 17.3 Å². The fourth-order valence-electron chi connectivity index (χ4n) is 2.44. The second-order valence-corrected chi connectivity index (χ2v) is 6.14. The number of aryl methyl sites for hydroxylation is 1. The van der Waals surface area contributed by atoms with Crippen LogP contribution in [0.1, 0.15) is 30.5 Å². The Bertz CT molecular complexity index is 428. The number of aliphatic carboxylic acids is 1. The fraction of sp³-hybridized carbons (Fsp3) is 0.714. The minimum atomic E-state index is -0.695. The van der Waals surface area contributed by atoms with Gasteiger partial charge in [0.05, 0.1) is 10.7 Å². The molecule has 0 radical (unpaired) electrons. The molecule has 1 saturated heterocycles. The van der Waals surface area contributed by atoms with Gasteiger partial charge in [0, 0.05) is 44.5 Å². The zero-order chi connectivity index (χ0) is 14.4. The molecule has 1 aliphatic rings. The molecule has 112 valence electrons. The molecule has 1 aromatic rings. The standard InChI is InChI=1S/C14H23N3O2S/c1-2-13-15-12(11-20-13)10-17-8-6-16(7-9-17)5-3-4-14(18)19/h11H,2-10H2,1H3,(H,18,19). The van der Waals surface area contributed by atoms with Crippen LogP contribution in [0.25, 0.3) is 0 Å². The van der Waals surface area contributed by atoms with E-state index in [0.29, 0.717) is 0 Å². The van der Waals surface area contributed by atoms with Crippen LogP contribution in [-0.4, -0.2) is 58.6 Å². The minimum Gasteiger partial charge on any atom is -0.481 e. The van der Waals surface area contributed by atoms with Crippen LogP contribution in [0.2, 0.25) is 0 Å². The molecule has 0 spiro atoms. The lowest BCUT2D eigenvalue weighted by Gasteiger charge is -2.34. The van der Waals surface area contributed by atoms with Crippen molar-refractivity contribution in [3.8, 4) is 0 Å². The summed E-state index contributed by atoms with van der Waals surface area (Å²) >= 11 is 1.75. The number of aromatic nitrogens is 1. The molecule has 0 bridgehead atoms. The van der Waals surface area contributed by atoms with Crippen molar-refractivity contribution < 1.29 is 9.90 Å². The lowest BCUT2D eigenvalue weighted by molar-refractivity contribution is -0.137. The number of nitrogens with zero attached hydrogens (tertiary/aromatic N) is 3. The predicted molar refractivity (Wildman–Crippen MR) is 80.1 cm³/mol. The average molecular weight is 297 g/mol. The van der Waals surface area contributed by atoms with E-state index in [9.17, 15) is 4.79 Å². The summed E-state index contributed by atoms with van der Waals surface area (Å²) in [6.45, 7) is 8.14. The van der Waals surface area contributed by atoms with Crippen LogP contribution in [0.5, 0.6) is 0 Å². The van der Waals surface area contributed by atoms with Gasteiger partial charge in [-0.3, -0.25) is 9.69 Å². The van der Waals surface area contributed by atoms with Gasteiger partial charge >= 0.3 is 5.97 Å². The van der Waals surface area contributed by atoms with Gasteiger partial charge in [-0.15, -0.1) is 11.3 Å². The number of rotatable bonds is 7. The lowest BCUT2D eigenvalue weighted by atomic mass is 10.2. The van der Waals surface area contributed by atoms with Crippen molar-refractivity contribution in [3.63, 3.8) is 0 Å². The minimum absolute atomic E-state index is 0.277. The van der Waals surface area contributed by atoms with Crippen LogP contribution in [0.4, 0.5) is 0 Å². The first kappa shape index (κ1) is 15.4. The highest BCUT2D eigenvalue weighted by molar-refractivity contribution is 7.09. The third kappa shape index (κ3) is 4.85. The molecule has 1 aromatic heterocycles. The molecule has 0 aliphatic carbocycles. The maximum absolute atomic E-state index is 10.5. The fourth-order valence-corrected chi connectivity index (χ4v) is 3.17. The highest BCUT2D eigenvalue weighted by Gasteiger charge is 2.17. The van der Waals surface area contributed by atoms with Gasteiger partial charge < -0.3 is 10.0 Å². The maximum atomic E-state index is 10.5. The van der Waals surface area contributed by atoms with E-state index in [1.165, 1.54) is 10.7 Å². The van der Waals surface area contributed by atoms with E-state index in [-0.39, 0.29) is 6.42 Å². The Kier molecular flexibility index (Phi) is 5.94. The van der Waals surface area contributed by atoms with Gasteiger partial charge in [0.2, 0.25) is 0 Å². The van der Waals surface area contributed by atoms with Crippen molar-refractivity contribution in [3.05, 3.63) is 16.1 Å². The van der Waals surface area contributed by atoms with Gasteiger partial charge in [0.25, 0.3) is 0 Å². The Labute approximate surface area is 124 Å². The lowest BCUT2D eigenvalue weighted by Crippen LogP contribution is -2.46. The zero-order valence-corrected chi connectivity index (χ0v) is 12.9. The Hall–Kier alpha value is -0.980. The third-order valence-corrected chi connectivity index (χ3v) is 4.66. The Balaban J connectivity index is 1.67. The van der Waals surface area contributed by atoms with Crippen LogP contribution in [0, 0.1) is 0 Å². The van der Waals surface area contributed by atoms with Gasteiger partial charge in [0.15, 0.2) is 0 Å². The van der Waals surface area contributed by atoms with Gasteiger partial charge in [0.1, 0.15) is 0 Å². The molecule has 20 heavy (non-hydrogen) atoms. The number of piperazine rings is 1. The Morgan fingerprint density at radius 3 is 2.65 bits per heavy atom. The summed E-state index contributed by atoms with van der Waals surface area (Å²) in [5.41, 5.74) is 1.19. The van der Waals surface area contributed by atoms with Crippen LogP contribution in [-0.2, 0) is 17.8 Å². The van der Waals surface area contributed by atoms with Gasteiger partial charge in [-0.1, -0.05) is 6.92 Å². The van der Waals surface area contributed by atoms with E-state index in [2.05, 4.69) is 27.1 Å². The first-order chi connectivity index (χ1) is 9.67. The summed E-state index contributed by atoms with van der Waals surface area (Å²) in [6.07, 6.45) is 2.04. The van der Waals surface area contributed by atoms with Crippen molar-refractivity contribution in [2.24, 2.45) is 0 Å². The van der Waals surface area contributed by atoms with Crippen LogP contribution < -0.4 is 0 Å². The molecule has 2 rings (SSSR count). The van der Waals surface area contributed by atoms with Gasteiger partial charge in [-0.25, -0.2) is 4.98 Å². The second-order valence-electron chi connectivity index (χ2n) is 5.20. The predicted octanol–water partition coefficient (Wildman–Crippen LogP) is 1.69. The van der Waals surface area contributed by atoms with E-state index in [0.717, 1.165) is 52.1 Å². The molecule has 0 unspecified atom stereocenters. The number of carboxylic acids is 1. The third-order valence-electron chi connectivity index (χ3n) is 3.62. The zero-order valence-electron chi connectivity index (χ0n) is 12.0. The second kappa shape index (κ2) is 7.71. The molecular formula is C14H23N3O2S. The van der Waals surface area contributed by atoms with Gasteiger partial charge in [-0.05, 0) is 19.4 Å². The molecule has 6 heteroatoms. The molecular weight excluding hydrogens is 274 g/mol. The molecule has 0 aromatic carbocycles. The largest absolute Gasteiger partial charge is 0.481 e. The Morgan fingerprint density at radius 1 is 1.35 bits per heavy atom. The van der Waals surface area contributed by atoms with Gasteiger partial charge in [-0.2, -0.15) is 0 Å². The van der Waals surface area contributed by atoms with Crippen LogP contribution in [0.3, 0.4) is 0 Å². The van der Waals surface area contributed by atoms with Crippen LogP contribution >= 0.6 is 11.3 Å². The molecule has 0 atom stereocenters. The average Bonchev–Trinajstić information content (AvgIpc) is 2.88. The van der Waals surface area contributed by atoms with Crippen molar-refractivity contribution in [2.45, 2.75) is 32.7 Å². The van der Waals surface area contributed by atoms with Crippen molar-refractivity contribution in [1.29, 1.82) is 0 Å². The van der Waals surface area contributed by atoms with E-state index >= 15 is 0 Å². The summed E-state index contributed by atoms with van der Waals surface area (Å²) in [7, 11) is 0. The van der Waals surface area contributed by atoms with E-state index in [1.54, 1.807) is 11.3 Å². The number of hydrogen-bond donors (Lipinski definition) is 1. The topological polar surface area (TPSA) is 56.7 Å². The smallest absolute Gasteiger partial charge is 0.303 e. The SMILES string of the molecule is CCc1nc(CN2CCN(CCCC(=O)O)CC2)cs1. The van der Waals surface area contributed by atoms with Crippen molar-refractivity contribution in [1.82, 2.24) is 14.8 Å². The number of carboxylic acid groups (broad SMARTS) is 1. The number of hydrogen-bond acceptors (Lipinski definition) is 5. The van der Waals surface area contributed by atoms with E-state index in [1.807, 2.05) is 0 Å². The first-order valence-corrected chi connectivity index (χ1v) is 8.15. The number of thiazole rings is 1. The first-order valence-electron chi connectivity index (χ1n) is 7.27. The summed E-state index contributed by atoms with van der Waals surface area (Å²) in [5.74, 6) is -0.695. The summed E-state index contributed by atoms with van der Waals surface area (Å²) < 4.78 is 0. The summed E-state index contributed by atoms with van der Waals surface area (Å²) in [5, 5.41) is 12.0. The molecule has 1 aliphatic heterocycles. The van der Waals surface area contributed by atoms with Crippen molar-refractivity contribution in [2.75, 3.05) is 32.7 Å². The quantitative estimate of drug-likeness (QED) is 0.830. The molecule has 0 saturated carbocycles. The maximum Gasteiger partial charge on any atom is 0.303 e. The molecule has 1 N–H and O–H groups in total.